The average Bonchev–Trinajstić information content (AvgIpc) is 2.42. The number of nitro groups is 1. The second-order valence-electron chi connectivity index (χ2n) is 4.17. The molecule has 1 unspecified atom stereocenters. The van der Waals surface area contributed by atoms with Gasteiger partial charge in [-0.05, 0) is 6.07 Å². The van der Waals surface area contributed by atoms with E-state index in [-0.39, 0.29) is 10.6 Å². The van der Waals surface area contributed by atoms with E-state index in [1.807, 2.05) is 0 Å². The molecule has 0 aromatic heterocycles. The molecular formula is C12H12F3NO4S. The molecule has 0 fully saturated rings. The van der Waals surface area contributed by atoms with E-state index in [0.717, 1.165) is 23.9 Å². The molecule has 116 valence electrons. The van der Waals surface area contributed by atoms with Gasteiger partial charge in [0.15, 0.2) is 0 Å². The van der Waals surface area contributed by atoms with Crippen LogP contribution in [0.5, 0.6) is 0 Å². The summed E-state index contributed by atoms with van der Waals surface area (Å²) in [5, 5.41) is 10.6. The number of benzene rings is 1. The molecule has 0 bridgehead atoms. The van der Waals surface area contributed by atoms with Gasteiger partial charge >= 0.3 is 12.1 Å². The van der Waals surface area contributed by atoms with Crippen LogP contribution in [0.2, 0.25) is 0 Å². The number of carbonyl (C=O) groups is 1. The maximum Gasteiger partial charge on any atom is 0.417 e. The van der Waals surface area contributed by atoms with Crippen LogP contribution in [0, 0.1) is 16.0 Å². The average molecular weight is 323 g/mol. The normalized spacial score (nSPS) is 12.8. The Morgan fingerprint density at radius 3 is 2.57 bits per heavy atom. The fourth-order valence-corrected chi connectivity index (χ4v) is 2.52. The van der Waals surface area contributed by atoms with Crippen LogP contribution in [0.1, 0.15) is 12.5 Å². The van der Waals surface area contributed by atoms with Gasteiger partial charge in [-0.3, -0.25) is 14.9 Å². The molecule has 0 aliphatic carbocycles. The zero-order valence-corrected chi connectivity index (χ0v) is 12.0. The highest BCUT2D eigenvalue weighted by molar-refractivity contribution is 7.99. The summed E-state index contributed by atoms with van der Waals surface area (Å²) in [6, 6.07) is 2.53. The van der Waals surface area contributed by atoms with Crippen molar-refractivity contribution in [2.75, 3.05) is 12.9 Å². The maximum absolute atomic E-state index is 12.9. The molecule has 21 heavy (non-hydrogen) atoms. The third kappa shape index (κ3) is 4.62. The van der Waals surface area contributed by atoms with Gasteiger partial charge in [-0.2, -0.15) is 13.2 Å². The fourth-order valence-electron chi connectivity index (χ4n) is 1.46. The fraction of sp³-hybridized carbons (Fsp3) is 0.417. The topological polar surface area (TPSA) is 69.4 Å². The van der Waals surface area contributed by atoms with E-state index in [1.54, 1.807) is 0 Å². The Morgan fingerprint density at radius 2 is 2.10 bits per heavy atom. The number of rotatable bonds is 5. The van der Waals surface area contributed by atoms with Crippen LogP contribution in [0.25, 0.3) is 0 Å². The molecule has 1 atom stereocenters. The number of hydrogen-bond acceptors (Lipinski definition) is 5. The summed E-state index contributed by atoms with van der Waals surface area (Å²) in [4.78, 5) is 20.7. The molecule has 0 spiro atoms. The second-order valence-corrected chi connectivity index (χ2v) is 5.23. The molecule has 1 rings (SSSR count). The van der Waals surface area contributed by atoms with E-state index in [0.29, 0.717) is 6.07 Å². The number of methoxy groups -OCH3 is 1. The number of nitro benzene ring substituents is 1. The zero-order valence-electron chi connectivity index (χ0n) is 11.1. The van der Waals surface area contributed by atoms with Crippen LogP contribution in [0.15, 0.2) is 23.1 Å². The molecule has 0 saturated heterocycles. The van der Waals surface area contributed by atoms with E-state index in [4.69, 9.17) is 0 Å². The van der Waals surface area contributed by atoms with Crippen LogP contribution < -0.4 is 0 Å². The highest BCUT2D eigenvalue weighted by Gasteiger charge is 2.35. The highest BCUT2D eigenvalue weighted by atomic mass is 32.2. The Bertz CT molecular complexity index is 548. The standard InChI is InChI=1S/C12H12F3NO4S/c1-7(11(17)20-2)6-21-10-4-3-8(16(18)19)5-9(10)12(13,14)15/h3-5,7H,6H2,1-2H3. The summed E-state index contributed by atoms with van der Waals surface area (Å²) in [5.74, 6) is -1.04. The number of alkyl halides is 3. The first-order valence-corrected chi connectivity index (χ1v) is 6.71. The number of non-ortho nitro benzene ring substituents is 1. The molecule has 0 saturated carbocycles. The van der Waals surface area contributed by atoms with Crippen LogP contribution >= 0.6 is 11.8 Å². The SMILES string of the molecule is COC(=O)C(C)CSc1ccc([N+](=O)[O-])cc1C(F)(F)F. The third-order valence-electron chi connectivity index (χ3n) is 2.57. The van der Waals surface area contributed by atoms with Crippen molar-refractivity contribution in [1.82, 2.24) is 0 Å². The van der Waals surface area contributed by atoms with Gasteiger partial charge in [0, 0.05) is 22.8 Å². The number of ether oxygens (including phenoxy) is 1. The Balaban J connectivity index is 3.01. The summed E-state index contributed by atoms with van der Waals surface area (Å²) < 4.78 is 43.2. The minimum absolute atomic E-state index is 0.0769. The summed E-state index contributed by atoms with van der Waals surface area (Å²) >= 11 is 0.803. The lowest BCUT2D eigenvalue weighted by Gasteiger charge is -2.14. The Labute approximate surface area is 122 Å². The van der Waals surface area contributed by atoms with E-state index in [1.165, 1.54) is 14.0 Å². The first kappa shape index (κ1) is 17.3. The first-order valence-electron chi connectivity index (χ1n) is 5.73. The number of esters is 1. The first-order chi connectivity index (χ1) is 9.66. The number of hydrogen-bond donors (Lipinski definition) is 0. The van der Waals surface area contributed by atoms with E-state index in [2.05, 4.69) is 4.74 Å². The van der Waals surface area contributed by atoms with Crippen LogP contribution in [-0.4, -0.2) is 23.8 Å². The molecule has 0 aliphatic rings. The maximum atomic E-state index is 12.9. The zero-order chi connectivity index (χ0) is 16.2. The Morgan fingerprint density at radius 1 is 1.48 bits per heavy atom. The summed E-state index contributed by atoms with van der Waals surface area (Å²) in [6.45, 7) is 1.53. The number of thioether (sulfide) groups is 1. The van der Waals surface area contributed by atoms with Crippen molar-refractivity contribution in [3.05, 3.63) is 33.9 Å². The lowest BCUT2D eigenvalue weighted by Crippen LogP contribution is -2.15. The minimum Gasteiger partial charge on any atom is -0.469 e. The van der Waals surface area contributed by atoms with Crippen LogP contribution in [-0.2, 0) is 15.7 Å². The van der Waals surface area contributed by atoms with Crippen molar-refractivity contribution < 1.29 is 27.6 Å². The van der Waals surface area contributed by atoms with Gasteiger partial charge in [-0.1, -0.05) is 6.92 Å². The highest BCUT2D eigenvalue weighted by Crippen LogP contribution is 2.39. The van der Waals surface area contributed by atoms with Gasteiger partial charge < -0.3 is 4.74 Å². The summed E-state index contributed by atoms with van der Waals surface area (Å²) in [5.41, 5.74) is -1.72. The number of halogens is 3. The predicted molar refractivity (Wildman–Crippen MR) is 70.0 cm³/mol. The van der Waals surface area contributed by atoms with Crippen molar-refractivity contribution >= 4 is 23.4 Å². The summed E-state index contributed by atoms with van der Waals surface area (Å²) in [6.07, 6.45) is -4.71. The number of carbonyl (C=O) groups excluding carboxylic acids is 1. The third-order valence-corrected chi connectivity index (χ3v) is 3.91. The lowest BCUT2D eigenvalue weighted by atomic mass is 10.2. The summed E-state index contributed by atoms with van der Waals surface area (Å²) in [7, 11) is 1.19. The molecular weight excluding hydrogens is 311 g/mol. The van der Waals surface area contributed by atoms with Gasteiger partial charge in [0.1, 0.15) is 0 Å². The van der Waals surface area contributed by atoms with Crippen LogP contribution in [0.3, 0.4) is 0 Å². The molecule has 0 N–H and O–H groups in total. The van der Waals surface area contributed by atoms with Crippen molar-refractivity contribution in [2.45, 2.75) is 18.0 Å². The van der Waals surface area contributed by atoms with Gasteiger partial charge in [-0.15, -0.1) is 11.8 Å². The lowest BCUT2D eigenvalue weighted by molar-refractivity contribution is -0.385. The van der Waals surface area contributed by atoms with Crippen molar-refractivity contribution in [1.29, 1.82) is 0 Å². The van der Waals surface area contributed by atoms with E-state index < -0.39 is 34.2 Å². The van der Waals surface area contributed by atoms with Gasteiger partial charge in [-0.25, -0.2) is 0 Å². The molecule has 0 radical (unpaired) electrons. The molecule has 0 amide bonds. The van der Waals surface area contributed by atoms with Crippen molar-refractivity contribution in [2.24, 2.45) is 5.92 Å². The van der Waals surface area contributed by atoms with Crippen molar-refractivity contribution in [3.63, 3.8) is 0 Å². The minimum atomic E-state index is -4.71. The van der Waals surface area contributed by atoms with Crippen LogP contribution in [0.4, 0.5) is 18.9 Å². The van der Waals surface area contributed by atoms with E-state index >= 15 is 0 Å². The second kappa shape index (κ2) is 6.79. The predicted octanol–water partition coefficient (Wildman–Crippen LogP) is 3.51. The Kier molecular flexibility index (Phi) is 5.59. The molecule has 9 heteroatoms. The molecule has 0 heterocycles. The van der Waals surface area contributed by atoms with Gasteiger partial charge in [0.05, 0.1) is 23.5 Å². The molecule has 1 aromatic carbocycles. The van der Waals surface area contributed by atoms with Gasteiger partial charge in [0.25, 0.3) is 5.69 Å². The monoisotopic (exact) mass is 323 g/mol. The largest absolute Gasteiger partial charge is 0.469 e. The van der Waals surface area contributed by atoms with Crippen molar-refractivity contribution in [3.8, 4) is 0 Å². The number of nitrogens with zero attached hydrogens (tertiary/aromatic N) is 1. The smallest absolute Gasteiger partial charge is 0.417 e. The molecule has 1 aromatic rings. The molecule has 5 nitrogen and oxygen atoms in total. The van der Waals surface area contributed by atoms with Gasteiger partial charge in [0.2, 0.25) is 0 Å². The Hall–Kier alpha value is -1.77. The molecule has 0 aliphatic heterocycles. The van der Waals surface area contributed by atoms with E-state index in [9.17, 15) is 28.1 Å². The quantitative estimate of drug-likeness (QED) is 0.359.